The van der Waals surface area contributed by atoms with Crippen molar-refractivity contribution in [3.05, 3.63) is 102 Å². The molecule has 1 aliphatic heterocycles. The summed E-state index contributed by atoms with van der Waals surface area (Å²) in [7, 11) is 0. The number of fused-ring (bicyclic) bond motifs is 2. The standard InChI is InChI=1S/C36H41N5O3/c1-23-36(5)19-25(15-16-32(36)41-40-23)30-18-28(21-38-33(30)24-11-7-6-8-12-24)43-22-27(39-34(42)44-35(2,3)4)17-26-20-37-31-14-10-9-13-29(26)31/h6-16,18-21,23,27,32,37,40-41H,17,22H2,1-5H3,(H,39,42)/t23?,27-,32?,36?/m0/s1. The molecular formula is C36H41N5O3. The number of hydrazine groups is 1. The van der Waals surface area contributed by atoms with Crippen LogP contribution in [-0.4, -0.2) is 46.4 Å². The Morgan fingerprint density at radius 1 is 1.09 bits per heavy atom. The topological polar surface area (TPSA) is 100 Å². The van der Waals surface area contributed by atoms with Crippen molar-refractivity contribution < 1.29 is 14.3 Å². The van der Waals surface area contributed by atoms with E-state index in [0.717, 1.165) is 38.9 Å². The number of H-pyrrole nitrogens is 1. The zero-order valence-corrected chi connectivity index (χ0v) is 26.0. The van der Waals surface area contributed by atoms with Gasteiger partial charge < -0.3 is 19.8 Å². The third-order valence-electron chi connectivity index (χ3n) is 8.53. The average molecular weight is 592 g/mol. The Kier molecular flexibility index (Phi) is 8.05. The van der Waals surface area contributed by atoms with Crippen LogP contribution >= 0.6 is 0 Å². The van der Waals surface area contributed by atoms with Crippen LogP contribution in [0.25, 0.3) is 27.7 Å². The van der Waals surface area contributed by atoms with Crippen molar-refractivity contribution in [1.29, 1.82) is 0 Å². The lowest BCUT2D eigenvalue weighted by molar-refractivity contribution is 0.0488. The van der Waals surface area contributed by atoms with Gasteiger partial charge in [-0.1, -0.05) is 73.7 Å². The van der Waals surface area contributed by atoms with Gasteiger partial charge in [-0.25, -0.2) is 10.2 Å². The van der Waals surface area contributed by atoms with Crippen molar-refractivity contribution in [3.8, 4) is 17.0 Å². The zero-order chi connectivity index (χ0) is 30.9. The summed E-state index contributed by atoms with van der Waals surface area (Å²) in [6, 6.07) is 20.5. The summed E-state index contributed by atoms with van der Waals surface area (Å²) in [4.78, 5) is 21.1. The number of aromatic amines is 1. The van der Waals surface area contributed by atoms with Crippen molar-refractivity contribution in [2.45, 2.75) is 64.8 Å². The van der Waals surface area contributed by atoms with Gasteiger partial charge in [0.05, 0.1) is 17.9 Å². The van der Waals surface area contributed by atoms with Crippen LogP contribution in [-0.2, 0) is 11.2 Å². The molecule has 1 aliphatic carbocycles. The molecule has 228 valence electrons. The molecule has 3 heterocycles. The molecule has 4 aromatic rings. The fraction of sp³-hybridized carbons (Fsp3) is 0.333. The molecule has 1 fully saturated rings. The molecule has 2 aliphatic rings. The second kappa shape index (κ2) is 11.9. The van der Waals surface area contributed by atoms with Crippen molar-refractivity contribution in [2.24, 2.45) is 5.41 Å². The number of nitrogens with zero attached hydrogens (tertiary/aromatic N) is 1. The predicted octanol–water partition coefficient (Wildman–Crippen LogP) is 6.57. The van der Waals surface area contributed by atoms with Crippen LogP contribution in [0.5, 0.6) is 5.75 Å². The summed E-state index contributed by atoms with van der Waals surface area (Å²) in [6.07, 6.45) is 10.6. The minimum atomic E-state index is -0.610. The van der Waals surface area contributed by atoms with E-state index in [0.29, 0.717) is 12.2 Å². The molecule has 4 atom stereocenters. The molecule has 1 saturated heterocycles. The molecule has 44 heavy (non-hydrogen) atoms. The number of ether oxygens (including phenoxy) is 2. The molecule has 4 N–H and O–H groups in total. The highest BCUT2D eigenvalue weighted by Crippen LogP contribution is 2.41. The molecule has 1 amide bonds. The number of hydrogen-bond acceptors (Lipinski definition) is 6. The van der Waals surface area contributed by atoms with Crippen molar-refractivity contribution >= 4 is 22.6 Å². The van der Waals surface area contributed by atoms with Gasteiger partial charge in [0.15, 0.2) is 0 Å². The fourth-order valence-corrected chi connectivity index (χ4v) is 5.98. The molecule has 6 rings (SSSR count). The third-order valence-corrected chi connectivity index (χ3v) is 8.53. The molecule has 8 heteroatoms. The van der Waals surface area contributed by atoms with Crippen LogP contribution in [0.1, 0.15) is 45.7 Å². The number of carbonyl (C=O) groups excluding carboxylic acids is 1. The van der Waals surface area contributed by atoms with E-state index in [1.54, 1.807) is 6.20 Å². The monoisotopic (exact) mass is 591 g/mol. The number of nitrogens with one attached hydrogen (secondary N) is 4. The Morgan fingerprint density at radius 2 is 1.86 bits per heavy atom. The number of amides is 1. The van der Waals surface area contributed by atoms with Crippen molar-refractivity contribution in [2.75, 3.05) is 6.61 Å². The first-order valence-corrected chi connectivity index (χ1v) is 15.2. The summed E-state index contributed by atoms with van der Waals surface area (Å²) in [5, 5.41) is 4.16. The smallest absolute Gasteiger partial charge is 0.408 e. The van der Waals surface area contributed by atoms with Gasteiger partial charge in [-0.3, -0.25) is 10.4 Å². The zero-order valence-electron chi connectivity index (χ0n) is 26.0. The number of rotatable bonds is 8. The van der Waals surface area contributed by atoms with Gasteiger partial charge in [0, 0.05) is 45.7 Å². The molecule has 8 nitrogen and oxygen atoms in total. The summed E-state index contributed by atoms with van der Waals surface area (Å²) in [5.41, 5.74) is 12.3. The average Bonchev–Trinajstić information content (AvgIpc) is 3.54. The van der Waals surface area contributed by atoms with Gasteiger partial charge in [-0.15, -0.1) is 0 Å². The van der Waals surface area contributed by atoms with E-state index >= 15 is 0 Å². The van der Waals surface area contributed by atoms with Gasteiger partial charge in [-0.05, 0) is 57.4 Å². The Morgan fingerprint density at radius 3 is 2.66 bits per heavy atom. The van der Waals surface area contributed by atoms with Crippen LogP contribution in [0.4, 0.5) is 4.79 Å². The molecule has 0 bridgehead atoms. The van der Waals surface area contributed by atoms with E-state index in [2.05, 4.69) is 77.5 Å². The maximum Gasteiger partial charge on any atom is 0.408 e. The second-order valence-corrected chi connectivity index (χ2v) is 13.0. The summed E-state index contributed by atoms with van der Waals surface area (Å²) in [5.74, 6) is 0.631. The Hall–Kier alpha value is -4.40. The summed E-state index contributed by atoms with van der Waals surface area (Å²) >= 11 is 0. The van der Waals surface area contributed by atoms with Gasteiger partial charge in [0.25, 0.3) is 0 Å². The lowest BCUT2D eigenvalue weighted by Gasteiger charge is -2.32. The first-order valence-electron chi connectivity index (χ1n) is 15.2. The number of alkyl carbamates (subject to hydrolysis) is 1. The molecular weight excluding hydrogens is 550 g/mol. The predicted molar refractivity (Wildman–Crippen MR) is 175 cm³/mol. The van der Waals surface area contributed by atoms with E-state index in [1.807, 2.05) is 63.4 Å². The van der Waals surface area contributed by atoms with E-state index in [1.165, 1.54) is 0 Å². The highest BCUT2D eigenvalue weighted by atomic mass is 16.6. The second-order valence-electron chi connectivity index (χ2n) is 13.0. The van der Waals surface area contributed by atoms with Crippen LogP contribution < -0.4 is 20.9 Å². The first-order chi connectivity index (χ1) is 21.1. The van der Waals surface area contributed by atoms with Crippen LogP contribution in [0.3, 0.4) is 0 Å². The normalized spacial score (nSPS) is 21.9. The van der Waals surface area contributed by atoms with Crippen molar-refractivity contribution in [3.63, 3.8) is 0 Å². The van der Waals surface area contributed by atoms with Crippen LogP contribution in [0.15, 0.2) is 91.3 Å². The molecule has 2 aromatic heterocycles. The SMILES string of the molecule is CC1NNC2C=CC(c3cc(OC[C@H](Cc4c[nH]c5ccccc45)NC(=O)OC(C)(C)C)cnc3-c3ccccc3)=CC12C. The summed E-state index contributed by atoms with van der Waals surface area (Å²) in [6.45, 7) is 10.3. The number of pyridine rings is 1. The maximum absolute atomic E-state index is 12.8. The van der Waals surface area contributed by atoms with Gasteiger partial charge in [-0.2, -0.15) is 0 Å². The Bertz CT molecular complexity index is 1700. The Balaban J connectivity index is 1.30. The number of benzene rings is 2. The number of allylic oxidation sites excluding steroid dienone is 2. The number of aromatic nitrogens is 2. The van der Waals surface area contributed by atoms with Gasteiger partial charge >= 0.3 is 6.09 Å². The quantitative estimate of drug-likeness (QED) is 0.185. The fourth-order valence-electron chi connectivity index (χ4n) is 5.98. The van der Waals surface area contributed by atoms with Gasteiger partial charge in [0.1, 0.15) is 18.0 Å². The molecule has 0 spiro atoms. The highest BCUT2D eigenvalue weighted by molar-refractivity contribution is 5.86. The minimum absolute atomic E-state index is 0.101. The Labute approximate surface area is 258 Å². The molecule has 0 saturated carbocycles. The third kappa shape index (κ3) is 6.27. The van der Waals surface area contributed by atoms with E-state index < -0.39 is 11.7 Å². The minimum Gasteiger partial charge on any atom is -0.490 e. The largest absolute Gasteiger partial charge is 0.490 e. The van der Waals surface area contributed by atoms with Crippen LogP contribution in [0, 0.1) is 5.41 Å². The van der Waals surface area contributed by atoms with Gasteiger partial charge in [0.2, 0.25) is 0 Å². The molecule has 2 aromatic carbocycles. The molecule has 3 unspecified atom stereocenters. The summed E-state index contributed by atoms with van der Waals surface area (Å²) < 4.78 is 12.0. The molecule has 0 radical (unpaired) electrons. The maximum atomic E-state index is 12.8. The number of carbonyl (C=O) groups is 1. The number of para-hydroxylation sites is 1. The first kappa shape index (κ1) is 29.7. The van der Waals surface area contributed by atoms with E-state index in [-0.39, 0.29) is 30.1 Å². The highest BCUT2D eigenvalue weighted by Gasteiger charge is 2.43. The lowest BCUT2D eigenvalue weighted by atomic mass is 9.73. The van der Waals surface area contributed by atoms with E-state index in [4.69, 9.17) is 14.5 Å². The number of hydrogen-bond donors (Lipinski definition) is 4. The van der Waals surface area contributed by atoms with E-state index in [9.17, 15) is 4.79 Å². The van der Waals surface area contributed by atoms with Crippen LogP contribution in [0.2, 0.25) is 0 Å². The lowest BCUT2D eigenvalue weighted by Crippen LogP contribution is -2.43. The van der Waals surface area contributed by atoms with Crippen molar-refractivity contribution in [1.82, 2.24) is 26.1 Å².